The molecule has 1 unspecified atom stereocenters. The normalized spacial score (nSPS) is 15.0. The van der Waals surface area contributed by atoms with Gasteiger partial charge in [0.25, 0.3) is 0 Å². The Bertz CT molecular complexity index is 1130. The number of carbonyl (C=O) groups excluding carboxylic acids is 2. The molecule has 3 rings (SSSR count). The maximum Gasteiger partial charge on any atom is 0.244 e. The number of carbonyl (C=O) groups is 2. The van der Waals surface area contributed by atoms with Crippen LogP contribution in [0, 0.1) is 6.92 Å². The largest absolute Gasteiger partial charge is 0.352 e. The van der Waals surface area contributed by atoms with Crippen LogP contribution in [0.4, 0.5) is 5.69 Å². The van der Waals surface area contributed by atoms with Crippen molar-refractivity contribution in [3.05, 3.63) is 64.7 Å². The van der Waals surface area contributed by atoms with Gasteiger partial charge in [0, 0.05) is 17.6 Å². The molecule has 1 N–H and O–H groups in total. The van der Waals surface area contributed by atoms with Gasteiger partial charge in [-0.2, -0.15) is 0 Å². The molecule has 1 fully saturated rings. The lowest BCUT2D eigenvalue weighted by molar-refractivity contribution is -0.140. The monoisotopic (exact) mass is 519 g/mol. The van der Waals surface area contributed by atoms with Gasteiger partial charge in [-0.1, -0.05) is 61.2 Å². The molecule has 0 saturated heterocycles. The van der Waals surface area contributed by atoms with Crippen molar-refractivity contribution < 1.29 is 18.0 Å². The van der Waals surface area contributed by atoms with E-state index in [2.05, 4.69) is 5.32 Å². The second kappa shape index (κ2) is 11.9. The fraction of sp³-hybridized carbons (Fsp3) is 0.462. The minimum atomic E-state index is -3.77. The van der Waals surface area contributed by atoms with Crippen molar-refractivity contribution in [1.82, 2.24) is 10.2 Å². The van der Waals surface area contributed by atoms with Crippen LogP contribution in [0.3, 0.4) is 0 Å². The van der Waals surface area contributed by atoms with Crippen molar-refractivity contribution in [2.75, 3.05) is 17.1 Å². The minimum absolute atomic E-state index is 0.119. The van der Waals surface area contributed by atoms with E-state index >= 15 is 0 Å². The Labute approximate surface area is 213 Å². The van der Waals surface area contributed by atoms with Gasteiger partial charge in [-0.15, -0.1) is 0 Å². The van der Waals surface area contributed by atoms with E-state index in [0.29, 0.717) is 17.1 Å². The summed E-state index contributed by atoms with van der Waals surface area (Å²) in [5.74, 6) is -0.641. The van der Waals surface area contributed by atoms with Crippen molar-refractivity contribution in [3.8, 4) is 0 Å². The number of nitrogens with zero attached hydrogens (tertiary/aromatic N) is 2. The van der Waals surface area contributed by atoms with E-state index in [1.165, 1.54) is 4.90 Å². The van der Waals surface area contributed by atoms with Crippen molar-refractivity contribution in [1.29, 1.82) is 0 Å². The number of amides is 2. The highest BCUT2D eigenvalue weighted by molar-refractivity contribution is 7.92. The zero-order chi connectivity index (χ0) is 25.6. The molecule has 0 spiro atoms. The summed E-state index contributed by atoms with van der Waals surface area (Å²) in [7, 11) is -3.77. The molecule has 0 radical (unpaired) electrons. The van der Waals surface area contributed by atoms with Gasteiger partial charge < -0.3 is 10.2 Å². The first kappa shape index (κ1) is 27.0. The van der Waals surface area contributed by atoms with Gasteiger partial charge >= 0.3 is 0 Å². The highest BCUT2D eigenvalue weighted by atomic mass is 35.5. The van der Waals surface area contributed by atoms with E-state index in [-0.39, 0.29) is 18.5 Å². The number of aryl methyl sites for hydroxylation is 1. The average molecular weight is 520 g/mol. The van der Waals surface area contributed by atoms with Crippen LogP contribution in [0.15, 0.2) is 48.5 Å². The summed E-state index contributed by atoms with van der Waals surface area (Å²) < 4.78 is 26.3. The summed E-state index contributed by atoms with van der Waals surface area (Å²) in [5, 5.41) is 3.57. The van der Waals surface area contributed by atoms with Crippen LogP contribution in [0.1, 0.15) is 50.2 Å². The van der Waals surface area contributed by atoms with Crippen molar-refractivity contribution in [2.24, 2.45) is 0 Å². The number of hydrogen-bond acceptors (Lipinski definition) is 4. The van der Waals surface area contributed by atoms with E-state index in [9.17, 15) is 18.0 Å². The molecule has 2 aromatic carbocycles. The van der Waals surface area contributed by atoms with Gasteiger partial charge in [-0.3, -0.25) is 13.9 Å². The zero-order valence-corrected chi connectivity index (χ0v) is 22.1. The topological polar surface area (TPSA) is 86.8 Å². The predicted octanol–water partition coefficient (Wildman–Crippen LogP) is 4.28. The molecule has 35 heavy (non-hydrogen) atoms. The Morgan fingerprint density at radius 3 is 2.34 bits per heavy atom. The molecule has 2 amide bonds. The highest BCUT2D eigenvalue weighted by Gasteiger charge is 2.33. The van der Waals surface area contributed by atoms with Gasteiger partial charge in [-0.05, 0) is 56.0 Å². The van der Waals surface area contributed by atoms with E-state index in [1.54, 1.807) is 24.3 Å². The third-order valence-corrected chi connectivity index (χ3v) is 7.71. The maximum absolute atomic E-state index is 13.7. The van der Waals surface area contributed by atoms with E-state index in [0.717, 1.165) is 47.4 Å². The number of hydrogen-bond donors (Lipinski definition) is 1. The van der Waals surface area contributed by atoms with E-state index < -0.39 is 28.5 Å². The van der Waals surface area contributed by atoms with Crippen molar-refractivity contribution in [2.45, 2.75) is 64.6 Å². The number of nitrogens with one attached hydrogen (secondary N) is 1. The Morgan fingerprint density at radius 2 is 1.77 bits per heavy atom. The number of benzene rings is 2. The first-order chi connectivity index (χ1) is 16.6. The molecule has 0 bridgehead atoms. The highest BCUT2D eigenvalue weighted by Crippen LogP contribution is 2.23. The molecule has 7 nitrogen and oxygen atoms in total. The third kappa shape index (κ3) is 7.45. The third-order valence-electron chi connectivity index (χ3n) is 6.32. The lowest BCUT2D eigenvalue weighted by Gasteiger charge is -2.33. The smallest absolute Gasteiger partial charge is 0.244 e. The first-order valence-electron chi connectivity index (χ1n) is 12.0. The van der Waals surface area contributed by atoms with Crippen LogP contribution in [-0.2, 0) is 26.2 Å². The molecule has 1 aliphatic rings. The lowest BCUT2D eigenvalue weighted by atomic mass is 10.1. The quantitative estimate of drug-likeness (QED) is 0.507. The summed E-state index contributed by atoms with van der Waals surface area (Å²) >= 11 is 5.97. The Kier molecular flexibility index (Phi) is 9.19. The fourth-order valence-electron chi connectivity index (χ4n) is 4.52. The van der Waals surface area contributed by atoms with Gasteiger partial charge in [0.15, 0.2) is 0 Å². The summed E-state index contributed by atoms with van der Waals surface area (Å²) in [6.45, 7) is 3.61. The summed E-state index contributed by atoms with van der Waals surface area (Å²) in [4.78, 5) is 28.5. The summed E-state index contributed by atoms with van der Waals surface area (Å²) in [6, 6.07) is 13.4. The van der Waals surface area contributed by atoms with Crippen molar-refractivity contribution in [3.63, 3.8) is 0 Å². The molecule has 1 aliphatic carbocycles. The number of sulfonamides is 1. The molecule has 1 atom stereocenters. The molecule has 1 saturated carbocycles. The SMILES string of the molecule is CCC(C(=O)NC1CCCC1)N(Cc1cccc(C)c1)C(=O)CN(c1ccc(Cl)cc1)S(C)(=O)=O. The van der Waals surface area contributed by atoms with Crippen LogP contribution >= 0.6 is 11.6 Å². The molecule has 0 aliphatic heterocycles. The number of halogens is 1. The van der Waals surface area contributed by atoms with Crippen LogP contribution in [0.25, 0.3) is 0 Å². The Morgan fingerprint density at radius 1 is 1.11 bits per heavy atom. The van der Waals surface area contributed by atoms with Gasteiger partial charge in [0.2, 0.25) is 21.8 Å². The van der Waals surface area contributed by atoms with E-state index in [4.69, 9.17) is 11.6 Å². The van der Waals surface area contributed by atoms with Crippen LogP contribution in [0.2, 0.25) is 5.02 Å². The fourth-order valence-corrected chi connectivity index (χ4v) is 5.49. The zero-order valence-electron chi connectivity index (χ0n) is 20.5. The van der Waals surface area contributed by atoms with Crippen molar-refractivity contribution >= 4 is 39.1 Å². The molecule has 0 heterocycles. The van der Waals surface area contributed by atoms with E-state index in [1.807, 2.05) is 38.1 Å². The lowest BCUT2D eigenvalue weighted by Crippen LogP contribution is -2.53. The predicted molar refractivity (Wildman–Crippen MR) is 140 cm³/mol. The first-order valence-corrected chi connectivity index (χ1v) is 14.2. The Balaban J connectivity index is 1.91. The van der Waals surface area contributed by atoms with Gasteiger partial charge in [-0.25, -0.2) is 8.42 Å². The molecule has 2 aromatic rings. The van der Waals surface area contributed by atoms with Gasteiger partial charge in [0.05, 0.1) is 11.9 Å². The number of anilines is 1. The molecule has 0 aromatic heterocycles. The van der Waals surface area contributed by atoms with Crippen LogP contribution in [-0.4, -0.2) is 50.0 Å². The standard InChI is InChI=1S/C26H34ClN3O4S/c1-4-24(26(32)28-22-10-5-6-11-22)29(17-20-9-7-8-19(2)16-20)25(31)18-30(35(3,33)34)23-14-12-21(27)13-15-23/h7-9,12-16,22,24H,4-6,10-11,17-18H2,1-3H3,(H,28,32). The summed E-state index contributed by atoms with van der Waals surface area (Å²) in [5.41, 5.74) is 2.25. The number of rotatable bonds is 10. The van der Waals surface area contributed by atoms with Crippen LogP contribution in [0.5, 0.6) is 0 Å². The molecule has 190 valence electrons. The summed E-state index contributed by atoms with van der Waals surface area (Å²) in [6.07, 6.45) is 5.51. The molecule has 9 heteroatoms. The van der Waals surface area contributed by atoms with Crippen LogP contribution < -0.4 is 9.62 Å². The molecular weight excluding hydrogens is 486 g/mol. The average Bonchev–Trinajstić information content (AvgIpc) is 3.30. The maximum atomic E-state index is 13.7. The Hall–Kier alpha value is -2.58. The second-order valence-corrected chi connectivity index (χ2v) is 11.5. The second-order valence-electron chi connectivity index (χ2n) is 9.17. The molecular formula is C26H34ClN3O4S. The van der Waals surface area contributed by atoms with Gasteiger partial charge in [0.1, 0.15) is 12.6 Å². The minimum Gasteiger partial charge on any atom is -0.352 e.